The van der Waals surface area contributed by atoms with Crippen LogP contribution in [0.25, 0.3) is 0 Å². The van der Waals surface area contributed by atoms with Gasteiger partial charge in [-0.1, -0.05) is 0 Å². The predicted molar refractivity (Wildman–Crippen MR) is 30.4 cm³/mol. The zero-order valence-corrected chi connectivity index (χ0v) is 4.63. The molecule has 3 N–H and O–H groups in total. The minimum absolute atomic E-state index is 0.0185. The van der Waals surface area contributed by atoms with Gasteiger partial charge in [-0.05, 0) is 6.42 Å². The Bertz CT molecular complexity index is 94.4. The highest BCUT2D eigenvalue weighted by atomic mass is 16.1. The number of nitrogens with one attached hydrogen (secondary N) is 1. The molecule has 1 aliphatic heterocycles. The van der Waals surface area contributed by atoms with Crippen molar-refractivity contribution in [1.82, 2.24) is 5.32 Å². The van der Waals surface area contributed by atoms with Crippen molar-refractivity contribution in [3.8, 4) is 0 Å². The van der Waals surface area contributed by atoms with E-state index in [1.807, 2.05) is 0 Å². The minimum atomic E-state index is 0.0185. The first kappa shape index (κ1) is 5.72. The third-order valence-electron chi connectivity index (χ3n) is 1.36. The Labute approximate surface area is 48.2 Å². The third-order valence-corrected chi connectivity index (χ3v) is 1.36. The lowest BCUT2D eigenvalue weighted by Crippen LogP contribution is -2.23. The molecule has 0 radical (unpaired) electrons. The Kier molecular flexibility index (Phi) is 1.60. The normalized spacial score (nSPS) is 37.6. The van der Waals surface area contributed by atoms with Crippen LogP contribution in [0.15, 0.2) is 0 Å². The molecule has 1 saturated heterocycles. The standard InChI is InChI=1S/C5H10N2O/c6-4-1-5(3-8)7-2-4/h3-5,7H,1-2,6H2/t4-,5-/m1/s1. The molecule has 1 fully saturated rings. The summed E-state index contributed by atoms with van der Waals surface area (Å²) < 4.78 is 0. The van der Waals surface area contributed by atoms with Crippen molar-refractivity contribution >= 4 is 6.29 Å². The second kappa shape index (κ2) is 2.24. The highest BCUT2D eigenvalue weighted by Crippen LogP contribution is 1.99. The molecule has 8 heavy (non-hydrogen) atoms. The molecule has 3 nitrogen and oxygen atoms in total. The fraction of sp³-hybridized carbons (Fsp3) is 0.800. The van der Waals surface area contributed by atoms with Crippen molar-refractivity contribution in [2.45, 2.75) is 18.5 Å². The second-order valence-corrected chi connectivity index (χ2v) is 2.15. The van der Waals surface area contributed by atoms with Crippen molar-refractivity contribution < 1.29 is 4.79 Å². The van der Waals surface area contributed by atoms with Gasteiger partial charge in [-0.3, -0.25) is 0 Å². The molecule has 0 aromatic carbocycles. The van der Waals surface area contributed by atoms with Gasteiger partial charge in [0.2, 0.25) is 0 Å². The van der Waals surface area contributed by atoms with E-state index in [-0.39, 0.29) is 12.1 Å². The van der Waals surface area contributed by atoms with E-state index in [0.29, 0.717) is 0 Å². The molecule has 46 valence electrons. The Hall–Kier alpha value is -0.410. The summed E-state index contributed by atoms with van der Waals surface area (Å²) in [5.41, 5.74) is 5.48. The second-order valence-electron chi connectivity index (χ2n) is 2.15. The largest absolute Gasteiger partial charge is 0.326 e. The van der Waals surface area contributed by atoms with E-state index in [4.69, 9.17) is 5.73 Å². The van der Waals surface area contributed by atoms with Gasteiger partial charge in [-0.2, -0.15) is 0 Å². The number of nitrogens with two attached hydrogens (primary N) is 1. The Morgan fingerprint density at radius 2 is 2.50 bits per heavy atom. The molecule has 1 rings (SSSR count). The smallest absolute Gasteiger partial charge is 0.136 e. The van der Waals surface area contributed by atoms with Gasteiger partial charge >= 0.3 is 0 Å². The highest BCUT2D eigenvalue weighted by Gasteiger charge is 2.19. The van der Waals surface area contributed by atoms with Crippen LogP contribution in [-0.4, -0.2) is 24.9 Å². The third kappa shape index (κ3) is 1.05. The number of hydrogen-bond acceptors (Lipinski definition) is 3. The van der Waals surface area contributed by atoms with Gasteiger partial charge in [-0.15, -0.1) is 0 Å². The number of hydrogen-bond donors (Lipinski definition) is 2. The summed E-state index contributed by atoms with van der Waals surface area (Å²) in [6.45, 7) is 0.781. The molecule has 0 spiro atoms. The molecule has 0 bridgehead atoms. The van der Waals surface area contributed by atoms with Crippen LogP contribution in [0.4, 0.5) is 0 Å². The van der Waals surface area contributed by atoms with Crippen molar-refractivity contribution in [2.24, 2.45) is 5.73 Å². The Morgan fingerprint density at radius 1 is 1.75 bits per heavy atom. The maximum Gasteiger partial charge on any atom is 0.136 e. The first-order valence-corrected chi connectivity index (χ1v) is 2.77. The van der Waals surface area contributed by atoms with E-state index in [1.54, 1.807) is 0 Å². The number of rotatable bonds is 1. The molecule has 0 saturated carbocycles. The molecular formula is C5H10N2O. The van der Waals surface area contributed by atoms with Crippen molar-refractivity contribution in [2.75, 3.05) is 6.54 Å². The molecule has 0 aromatic rings. The molecule has 3 heteroatoms. The van der Waals surface area contributed by atoms with Gasteiger partial charge < -0.3 is 15.8 Å². The predicted octanol–water partition coefficient (Wildman–Crippen LogP) is -1.13. The highest BCUT2D eigenvalue weighted by molar-refractivity contribution is 5.58. The van der Waals surface area contributed by atoms with Crippen LogP contribution in [0.1, 0.15) is 6.42 Å². The molecule has 2 atom stereocenters. The van der Waals surface area contributed by atoms with Gasteiger partial charge in [0, 0.05) is 12.6 Å². The molecule has 1 heterocycles. The lowest BCUT2D eigenvalue weighted by molar-refractivity contribution is -0.109. The minimum Gasteiger partial charge on any atom is -0.326 e. The Balaban J connectivity index is 2.32. The number of carbonyl (C=O) groups is 1. The van der Waals surface area contributed by atoms with Gasteiger partial charge in [-0.25, -0.2) is 0 Å². The van der Waals surface area contributed by atoms with Crippen LogP contribution in [0.3, 0.4) is 0 Å². The van der Waals surface area contributed by atoms with E-state index >= 15 is 0 Å². The van der Waals surface area contributed by atoms with Crippen molar-refractivity contribution in [3.63, 3.8) is 0 Å². The molecule has 0 amide bonds. The fourth-order valence-electron chi connectivity index (χ4n) is 0.899. The average molecular weight is 114 g/mol. The first-order valence-electron chi connectivity index (χ1n) is 2.77. The molecule has 0 aliphatic carbocycles. The van der Waals surface area contributed by atoms with Gasteiger partial charge in [0.1, 0.15) is 6.29 Å². The lowest BCUT2D eigenvalue weighted by atomic mass is 10.2. The summed E-state index contributed by atoms with van der Waals surface area (Å²) in [6, 6.07) is 0.204. The maximum atomic E-state index is 10.0. The van der Waals surface area contributed by atoms with E-state index in [9.17, 15) is 4.79 Å². The summed E-state index contributed by atoms with van der Waals surface area (Å²) in [6.07, 6.45) is 1.70. The Morgan fingerprint density at radius 3 is 2.75 bits per heavy atom. The SMILES string of the molecule is N[C@H]1CN[C@@H](C=O)C1. The quantitative estimate of drug-likeness (QED) is 0.424. The zero-order valence-electron chi connectivity index (χ0n) is 4.63. The lowest BCUT2D eigenvalue weighted by Gasteiger charge is -1.95. The van der Waals surface area contributed by atoms with Crippen LogP contribution >= 0.6 is 0 Å². The average Bonchev–Trinajstić information content (AvgIpc) is 2.14. The van der Waals surface area contributed by atoms with Crippen LogP contribution in [0, 0.1) is 0 Å². The van der Waals surface area contributed by atoms with E-state index in [1.165, 1.54) is 0 Å². The van der Waals surface area contributed by atoms with E-state index in [0.717, 1.165) is 19.3 Å². The first-order chi connectivity index (χ1) is 3.83. The van der Waals surface area contributed by atoms with Crippen molar-refractivity contribution in [3.05, 3.63) is 0 Å². The van der Waals surface area contributed by atoms with E-state index < -0.39 is 0 Å². The van der Waals surface area contributed by atoms with Gasteiger partial charge in [0.15, 0.2) is 0 Å². The topological polar surface area (TPSA) is 55.1 Å². The summed E-state index contributed by atoms with van der Waals surface area (Å²) in [5.74, 6) is 0. The number of carbonyl (C=O) groups excluding carboxylic acids is 1. The molecule has 0 unspecified atom stereocenters. The van der Waals surface area contributed by atoms with Crippen LogP contribution < -0.4 is 11.1 Å². The molecule has 0 aromatic heterocycles. The van der Waals surface area contributed by atoms with Crippen LogP contribution in [-0.2, 0) is 4.79 Å². The monoisotopic (exact) mass is 114 g/mol. The maximum absolute atomic E-state index is 10.0. The van der Waals surface area contributed by atoms with Crippen LogP contribution in [0.5, 0.6) is 0 Å². The zero-order chi connectivity index (χ0) is 5.98. The summed E-state index contributed by atoms with van der Waals surface area (Å²) >= 11 is 0. The van der Waals surface area contributed by atoms with Gasteiger partial charge in [0.25, 0.3) is 0 Å². The van der Waals surface area contributed by atoms with Crippen molar-refractivity contribution in [1.29, 1.82) is 0 Å². The van der Waals surface area contributed by atoms with E-state index in [2.05, 4.69) is 5.32 Å². The fourth-order valence-corrected chi connectivity index (χ4v) is 0.899. The molecular weight excluding hydrogens is 104 g/mol. The van der Waals surface area contributed by atoms with Crippen LogP contribution in [0.2, 0.25) is 0 Å². The molecule has 1 aliphatic rings. The summed E-state index contributed by atoms with van der Waals surface area (Å²) in [7, 11) is 0. The number of aldehydes is 1. The summed E-state index contributed by atoms with van der Waals surface area (Å²) in [4.78, 5) is 10.0. The van der Waals surface area contributed by atoms with Gasteiger partial charge in [0.05, 0.1) is 6.04 Å². The summed E-state index contributed by atoms with van der Waals surface area (Å²) in [5, 5.41) is 2.96.